The van der Waals surface area contributed by atoms with Gasteiger partial charge in [-0.25, -0.2) is 9.07 Å². The number of piperidine rings is 1. The monoisotopic (exact) mass is 437 g/mol. The lowest BCUT2D eigenvalue weighted by Gasteiger charge is -2.23. The molecule has 1 aliphatic heterocycles. The van der Waals surface area contributed by atoms with Crippen molar-refractivity contribution in [3.63, 3.8) is 0 Å². The van der Waals surface area contributed by atoms with Gasteiger partial charge in [0.1, 0.15) is 11.9 Å². The zero-order chi connectivity index (χ0) is 22.8. The van der Waals surface area contributed by atoms with E-state index in [1.54, 1.807) is 18.3 Å². The predicted molar refractivity (Wildman–Crippen MR) is 117 cm³/mol. The molecular weight excluding hydrogens is 409 g/mol. The number of hydrogen-bond donors (Lipinski definition) is 2. The van der Waals surface area contributed by atoms with E-state index in [0.29, 0.717) is 35.1 Å². The number of carbonyl (C=O) groups excluding carboxylic acids is 2. The van der Waals surface area contributed by atoms with Crippen LogP contribution in [0, 0.1) is 29.0 Å². The molecule has 8 heteroatoms. The summed E-state index contributed by atoms with van der Waals surface area (Å²) in [5, 5.41) is 19.7. The van der Waals surface area contributed by atoms with Gasteiger partial charge in [-0.1, -0.05) is 26.0 Å². The molecule has 0 spiro atoms. The van der Waals surface area contributed by atoms with E-state index in [1.165, 1.54) is 16.9 Å². The van der Waals surface area contributed by atoms with E-state index < -0.39 is 11.9 Å². The zero-order valence-corrected chi connectivity index (χ0v) is 18.3. The van der Waals surface area contributed by atoms with Crippen molar-refractivity contribution in [3.05, 3.63) is 42.0 Å². The largest absolute Gasteiger partial charge is 0.339 e. The molecule has 2 N–H and O–H groups in total. The van der Waals surface area contributed by atoms with Crippen LogP contribution in [0.2, 0.25) is 0 Å². The van der Waals surface area contributed by atoms with Gasteiger partial charge >= 0.3 is 0 Å². The minimum Gasteiger partial charge on any atom is -0.339 e. The molecule has 2 aromatic rings. The summed E-state index contributed by atoms with van der Waals surface area (Å²) in [6.07, 6.45) is 6.73. The Kier molecular flexibility index (Phi) is 6.38. The second-order valence-corrected chi connectivity index (χ2v) is 9.28. The van der Waals surface area contributed by atoms with Crippen molar-refractivity contribution in [1.82, 2.24) is 20.4 Å². The van der Waals surface area contributed by atoms with Gasteiger partial charge < -0.3 is 10.6 Å². The molecule has 1 aromatic heterocycles. The van der Waals surface area contributed by atoms with Crippen molar-refractivity contribution >= 4 is 11.8 Å². The average Bonchev–Trinajstić information content (AvgIpc) is 3.51. The first-order valence-electron chi connectivity index (χ1n) is 11.2. The first-order chi connectivity index (χ1) is 15.3. The summed E-state index contributed by atoms with van der Waals surface area (Å²) >= 11 is 0. The van der Waals surface area contributed by atoms with Gasteiger partial charge in [-0.2, -0.15) is 10.4 Å². The van der Waals surface area contributed by atoms with Crippen LogP contribution in [0.3, 0.4) is 0 Å². The van der Waals surface area contributed by atoms with E-state index in [1.807, 2.05) is 13.8 Å². The van der Waals surface area contributed by atoms with Crippen molar-refractivity contribution in [3.8, 4) is 17.2 Å². The van der Waals surface area contributed by atoms with E-state index in [4.69, 9.17) is 0 Å². The highest BCUT2D eigenvalue weighted by molar-refractivity contribution is 5.83. The number of nitriles is 1. The fraction of sp³-hybridized carbons (Fsp3) is 0.500. The van der Waals surface area contributed by atoms with Crippen molar-refractivity contribution in [2.75, 3.05) is 0 Å². The highest BCUT2D eigenvalue weighted by Crippen LogP contribution is 2.35. The number of carbonyl (C=O) groups is 2. The third kappa shape index (κ3) is 4.73. The standard InChI is InChI=1S/C24H28FN5O2/c1-14(2)7-22(31)30-13-18(12-27-30)15-3-4-16(21(25)10-15)8-20(11-26)29-24(32)23-17-5-6-19(9-17)28-23/h3-4,10,12-14,17,19-20,23,28H,5-9H2,1-2H3,(H,29,32)/t17-,19+,20-,23-/m0/s1. The number of rotatable bonds is 7. The molecule has 168 valence electrons. The highest BCUT2D eigenvalue weighted by atomic mass is 19.1. The summed E-state index contributed by atoms with van der Waals surface area (Å²) in [5.41, 5.74) is 1.59. The summed E-state index contributed by atoms with van der Waals surface area (Å²) in [6, 6.07) is 6.13. The molecule has 2 heterocycles. The van der Waals surface area contributed by atoms with Gasteiger partial charge in [-0.3, -0.25) is 9.59 Å². The highest BCUT2D eigenvalue weighted by Gasteiger charge is 2.43. The zero-order valence-electron chi connectivity index (χ0n) is 18.3. The maximum Gasteiger partial charge on any atom is 0.247 e. The van der Waals surface area contributed by atoms with Crippen molar-refractivity contribution in [1.29, 1.82) is 5.26 Å². The van der Waals surface area contributed by atoms with Crippen LogP contribution in [0.4, 0.5) is 4.39 Å². The Morgan fingerprint density at radius 2 is 2.16 bits per heavy atom. The Hall–Kier alpha value is -3.05. The normalized spacial score (nSPS) is 22.7. The molecule has 1 saturated heterocycles. The summed E-state index contributed by atoms with van der Waals surface area (Å²) in [5.74, 6) is -0.208. The lowest BCUT2D eigenvalue weighted by atomic mass is 9.98. The molecule has 1 aliphatic carbocycles. The number of aromatic nitrogens is 2. The lowest BCUT2D eigenvalue weighted by Crippen LogP contribution is -2.50. The molecule has 0 radical (unpaired) electrons. The molecule has 1 amide bonds. The predicted octanol–water partition coefficient (Wildman–Crippen LogP) is 3.07. The second kappa shape index (κ2) is 9.21. The molecule has 2 bridgehead atoms. The maximum absolute atomic E-state index is 14.8. The molecule has 0 unspecified atom stereocenters. The Morgan fingerprint density at radius 3 is 2.78 bits per heavy atom. The first-order valence-corrected chi connectivity index (χ1v) is 11.2. The van der Waals surface area contributed by atoms with E-state index in [-0.39, 0.29) is 30.2 Å². The van der Waals surface area contributed by atoms with Gasteiger partial charge in [0.05, 0.1) is 18.3 Å². The topological polar surface area (TPSA) is 99.8 Å². The Morgan fingerprint density at radius 1 is 1.34 bits per heavy atom. The third-order valence-electron chi connectivity index (χ3n) is 6.35. The van der Waals surface area contributed by atoms with E-state index in [2.05, 4.69) is 21.8 Å². The molecule has 2 aliphatic rings. The number of hydrogen-bond acceptors (Lipinski definition) is 5. The molecular formula is C24H28FN5O2. The smallest absolute Gasteiger partial charge is 0.247 e. The van der Waals surface area contributed by atoms with Crippen molar-refractivity contribution < 1.29 is 14.0 Å². The number of benzene rings is 1. The maximum atomic E-state index is 14.8. The quantitative estimate of drug-likeness (QED) is 0.694. The summed E-state index contributed by atoms with van der Waals surface area (Å²) in [6.45, 7) is 3.92. The SMILES string of the molecule is CC(C)CC(=O)n1cc(-c2ccc(C[C@@H](C#N)NC(=O)[C@H]3N[C@@H]4CC[C@H]3C4)c(F)c2)cn1. The minimum absolute atomic E-state index is 0.0846. The molecule has 4 rings (SSSR count). The van der Waals surface area contributed by atoms with Crippen LogP contribution in [0.15, 0.2) is 30.6 Å². The second-order valence-electron chi connectivity index (χ2n) is 9.28. The van der Waals surface area contributed by atoms with Crippen molar-refractivity contribution in [2.45, 2.75) is 64.1 Å². The number of nitrogens with zero attached hydrogens (tertiary/aromatic N) is 3. The number of amides is 1. The first kappa shape index (κ1) is 22.2. The van der Waals surface area contributed by atoms with Crippen molar-refractivity contribution in [2.24, 2.45) is 11.8 Å². The number of halogens is 1. The van der Waals surface area contributed by atoms with Gasteiger partial charge in [-0.05, 0) is 48.3 Å². The lowest BCUT2D eigenvalue weighted by molar-refractivity contribution is -0.124. The van der Waals surface area contributed by atoms with E-state index in [0.717, 1.165) is 19.3 Å². The fourth-order valence-electron chi connectivity index (χ4n) is 4.70. The van der Waals surface area contributed by atoms with Crippen LogP contribution in [-0.4, -0.2) is 39.7 Å². The van der Waals surface area contributed by atoms with Crippen LogP contribution in [-0.2, 0) is 11.2 Å². The fourth-order valence-corrected chi connectivity index (χ4v) is 4.70. The van der Waals surface area contributed by atoms with Crippen LogP contribution >= 0.6 is 0 Å². The summed E-state index contributed by atoms with van der Waals surface area (Å²) in [4.78, 5) is 24.7. The number of nitrogens with one attached hydrogen (secondary N) is 2. The van der Waals surface area contributed by atoms with Crippen LogP contribution in [0.25, 0.3) is 11.1 Å². The van der Waals surface area contributed by atoms with Gasteiger partial charge in [0.2, 0.25) is 11.8 Å². The van der Waals surface area contributed by atoms with E-state index >= 15 is 0 Å². The molecule has 4 atom stereocenters. The van der Waals surface area contributed by atoms with Crippen LogP contribution < -0.4 is 10.6 Å². The average molecular weight is 438 g/mol. The van der Waals surface area contributed by atoms with Crippen LogP contribution in [0.5, 0.6) is 0 Å². The minimum atomic E-state index is -0.805. The van der Waals surface area contributed by atoms with E-state index in [9.17, 15) is 19.2 Å². The number of fused-ring (bicyclic) bond motifs is 2. The Labute approximate surface area is 187 Å². The Balaban J connectivity index is 1.40. The molecule has 2 fully saturated rings. The third-order valence-corrected chi connectivity index (χ3v) is 6.35. The molecule has 1 saturated carbocycles. The Bertz CT molecular complexity index is 1060. The van der Waals surface area contributed by atoms with Gasteiger partial charge in [0.25, 0.3) is 0 Å². The van der Waals surface area contributed by atoms with Gasteiger partial charge in [0.15, 0.2) is 0 Å². The van der Waals surface area contributed by atoms with Crippen LogP contribution in [0.1, 0.15) is 49.9 Å². The summed E-state index contributed by atoms with van der Waals surface area (Å²) < 4.78 is 16.1. The van der Waals surface area contributed by atoms with Gasteiger partial charge in [0, 0.05) is 30.6 Å². The van der Waals surface area contributed by atoms with Gasteiger partial charge in [-0.15, -0.1) is 0 Å². The molecule has 32 heavy (non-hydrogen) atoms. The molecule has 7 nitrogen and oxygen atoms in total. The molecule has 1 aromatic carbocycles. The summed E-state index contributed by atoms with van der Waals surface area (Å²) in [7, 11) is 0.